The smallest absolute Gasteiger partial charge is 0.244 e. The average Bonchev–Trinajstić information content (AvgIpc) is 2.82. The van der Waals surface area contributed by atoms with E-state index < -0.39 is 10.0 Å². The van der Waals surface area contributed by atoms with Gasteiger partial charge < -0.3 is 11.1 Å². The van der Waals surface area contributed by atoms with Crippen molar-refractivity contribution in [2.24, 2.45) is 0 Å². The summed E-state index contributed by atoms with van der Waals surface area (Å²) in [6, 6.07) is 6.74. The number of aromatic nitrogens is 2. The summed E-state index contributed by atoms with van der Waals surface area (Å²) in [7, 11) is -0.492. The van der Waals surface area contributed by atoms with E-state index in [2.05, 4.69) is 15.5 Å². The number of nitrogen functional groups attached to an aromatic ring is 1. The zero-order chi connectivity index (χ0) is 14.8. The van der Waals surface area contributed by atoms with Gasteiger partial charge in [-0.1, -0.05) is 12.1 Å². The first kappa shape index (κ1) is 14.4. The van der Waals surface area contributed by atoms with Gasteiger partial charge in [0, 0.05) is 26.2 Å². The molecule has 0 bridgehead atoms. The highest BCUT2D eigenvalue weighted by molar-refractivity contribution is 7.89. The van der Waals surface area contributed by atoms with Gasteiger partial charge >= 0.3 is 0 Å². The Labute approximate surface area is 117 Å². The standard InChI is InChI=1S/C12H17N5O2S/c1-17(2)20(18,19)11-6-4-3-5-10(11)14-7-9-8-15-16-12(9)13/h3-6,8,14H,7H2,1-2H3,(H3,13,15,16). The predicted octanol–water partition coefficient (Wildman–Crippen LogP) is 0.854. The van der Waals surface area contributed by atoms with Crippen LogP contribution < -0.4 is 11.1 Å². The lowest BCUT2D eigenvalue weighted by Crippen LogP contribution is -2.23. The van der Waals surface area contributed by atoms with Crippen LogP contribution in [0.5, 0.6) is 0 Å². The summed E-state index contributed by atoms with van der Waals surface area (Å²) in [6.45, 7) is 0.391. The van der Waals surface area contributed by atoms with Crippen molar-refractivity contribution in [3.05, 3.63) is 36.0 Å². The molecule has 0 aliphatic rings. The van der Waals surface area contributed by atoms with Crippen LogP contribution in [0.1, 0.15) is 5.56 Å². The Kier molecular flexibility index (Phi) is 3.96. The predicted molar refractivity (Wildman–Crippen MR) is 77.6 cm³/mol. The minimum absolute atomic E-state index is 0.229. The number of nitrogens with one attached hydrogen (secondary N) is 2. The van der Waals surface area contributed by atoms with Gasteiger partial charge in [0.25, 0.3) is 0 Å². The lowest BCUT2D eigenvalue weighted by molar-refractivity contribution is 0.521. The van der Waals surface area contributed by atoms with Crippen LogP contribution in [0, 0.1) is 0 Å². The van der Waals surface area contributed by atoms with Gasteiger partial charge in [0.15, 0.2) is 0 Å². The quantitative estimate of drug-likeness (QED) is 0.758. The van der Waals surface area contributed by atoms with E-state index in [4.69, 9.17) is 5.73 Å². The highest BCUT2D eigenvalue weighted by atomic mass is 32.2. The van der Waals surface area contributed by atoms with Crippen LogP contribution in [0.3, 0.4) is 0 Å². The molecular weight excluding hydrogens is 278 g/mol. The third-order valence-electron chi connectivity index (χ3n) is 2.87. The number of hydrogen-bond donors (Lipinski definition) is 3. The third kappa shape index (κ3) is 2.75. The number of para-hydroxylation sites is 1. The molecule has 20 heavy (non-hydrogen) atoms. The van der Waals surface area contributed by atoms with Gasteiger partial charge in [-0.05, 0) is 12.1 Å². The van der Waals surface area contributed by atoms with Gasteiger partial charge in [-0.25, -0.2) is 12.7 Å². The van der Waals surface area contributed by atoms with Gasteiger partial charge in [-0.3, -0.25) is 5.10 Å². The Morgan fingerprint density at radius 1 is 1.35 bits per heavy atom. The Morgan fingerprint density at radius 2 is 2.05 bits per heavy atom. The molecule has 1 aromatic heterocycles. The maximum atomic E-state index is 12.2. The number of sulfonamides is 1. The van der Waals surface area contributed by atoms with Gasteiger partial charge in [-0.15, -0.1) is 0 Å². The molecular formula is C12H17N5O2S. The van der Waals surface area contributed by atoms with Crippen LogP contribution in [0.25, 0.3) is 0 Å². The summed E-state index contributed by atoms with van der Waals surface area (Å²) in [5.74, 6) is 0.463. The highest BCUT2D eigenvalue weighted by Gasteiger charge is 2.20. The number of H-pyrrole nitrogens is 1. The van der Waals surface area contributed by atoms with E-state index in [9.17, 15) is 8.42 Å². The van der Waals surface area contributed by atoms with Crippen molar-refractivity contribution >= 4 is 21.5 Å². The van der Waals surface area contributed by atoms with Crippen LogP contribution in [-0.4, -0.2) is 37.0 Å². The van der Waals surface area contributed by atoms with E-state index >= 15 is 0 Å². The van der Waals surface area contributed by atoms with Crippen molar-refractivity contribution in [2.75, 3.05) is 25.1 Å². The molecule has 0 saturated carbocycles. The fourth-order valence-electron chi connectivity index (χ4n) is 1.69. The van der Waals surface area contributed by atoms with Gasteiger partial charge in [0.2, 0.25) is 10.0 Å². The maximum absolute atomic E-state index is 12.2. The molecule has 0 aliphatic heterocycles. The highest BCUT2D eigenvalue weighted by Crippen LogP contribution is 2.24. The molecule has 0 aliphatic carbocycles. The number of benzene rings is 1. The van der Waals surface area contributed by atoms with Gasteiger partial charge in [0.05, 0.1) is 11.9 Å². The van der Waals surface area contributed by atoms with Crippen molar-refractivity contribution in [3.8, 4) is 0 Å². The zero-order valence-electron chi connectivity index (χ0n) is 11.3. The molecule has 2 aromatic rings. The van der Waals surface area contributed by atoms with Crippen LogP contribution >= 0.6 is 0 Å². The topological polar surface area (TPSA) is 104 Å². The largest absolute Gasteiger partial charge is 0.384 e. The fourth-order valence-corrected chi connectivity index (χ4v) is 2.75. The Balaban J connectivity index is 2.28. The number of aromatic amines is 1. The van der Waals surface area contributed by atoms with Crippen LogP contribution in [-0.2, 0) is 16.6 Å². The lowest BCUT2D eigenvalue weighted by atomic mass is 10.3. The summed E-state index contributed by atoms with van der Waals surface area (Å²) in [5.41, 5.74) is 7.00. The third-order valence-corrected chi connectivity index (χ3v) is 4.74. The molecule has 0 amide bonds. The molecule has 0 radical (unpaired) electrons. The molecule has 7 nitrogen and oxygen atoms in total. The van der Waals surface area contributed by atoms with E-state index in [0.29, 0.717) is 18.1 Å². The molecule has 4 N–H and O–H groups in total. The number of anilines is 2. The SMILES string of the molecule is CN(C)S(=O)(=O)c1ccccc1NCc1cn[nH]c1N. The molecule has 8 heteroatoms. The Morgan fingerprint density at radius 3 is 2.65 bits per heavy atom. The molecule has 2 rings (SSSR count). The summed E-state index contributed by atoms with van der Waals surface area (Å²) >= 11 is 0. The lowest BCUT2D eigenvalue weighted by Gasteiger charge is -2.16. The molecule has 0 unspecified atom stereocenters. The minimum atomic E-state index is -3.49. The first-order chi connectivity index (χ1) is 9.43. The minimum Gasteiger partial charge on any atom is -0.384 e. The van der Waals surface area contributed by atoms with Crippen molar-refractivity contribution in [2.45, 2.75) is 11.4 Å². The summed E-state index contributed by atoms with van der Waals surface area (Å²) in [5, 5.41) is 9.52. The zero-order valence-corrected chi connectivity index (χ0v) is 12.1. The van der Waals surface area contributed by atoms with Crippen molar-refractivity contribution in [1.29, 1.82) is 0 Å². The molecule has 1 heterocycles. The Bertz CT molecular complexity index is 693. The number of hydrogen-bond acceptors (Lipinski definition) is 5. The van der Waals surface area contributed by atoms with Crippen LogP contribution in [0.4, 0.5) is 11.5 Å². The Hall–Kier alpha value is -2.06. The van der Waals surface area contributed by atoms with Gasteiger partial charge in [0.1, 0.15) is 10.7 Å². The van der Waals surface area contributed by atoms with Crippen LogP contribution in [0.2, 0.25) is 0 Å². The second-order valence-electron chi connectivity index (χ2n) is 4.45. The number of nitrogens with two attached hydrogens (primary N) is 1. The number of rotatable bonds is 5. The van der Waals surface area contributed by atoms with Crippen LogP contribution in [0.15, 0.2) is 35.4 Å². The fraction of sp³-hybridized carbons (Fsp3) is 0.250. The van der Waals surface area contributed by atoms with E-state index in [1.54, 1.807) is 30.5 Å². The second kappa shape index (κ2) is 5.51. The maximum Gasteiger partial charge on any atom is 0.244 e. The summed E-state index contributed by atoms with van der Waals surface area (Å²) in [4.78, 5) is 0.229. The summed E-state index contributed by atoms with van der Waals surface area (Å²) < 4.78 is 25.6. The summed E-state index contributed by atoms with van der Waals surface area (Å²) in [6.07, 6.45) is 1.60. The van der Waals surface area contributed by atoms with E-state index in [-0.39, 0.29) is 4.90 Å². The second-order valence-corrected chi connectivity index (χ2v) is 6.57. The van der Waals surface area contributed by atoms with Crippen molar-refractivity contribution in [3.63, 3.8) is 0 Å². The van der Waals surface area contributed by atoms with E-state index in [0.717, 1.165) is 5.56 Å². The molecule has 0 spiro atoms. The van der Waals surface area contributed by atoms with E-state index in [1.165, 1.54) is 18.4 Å². The molecule has 108 valence electrons. The average molecular weight is 295 g/mol. The monoisotopic (exact) mass is 295 g/mol. The van der Waals surface area contributed by atoms with Gasteiger partial charge in [-0.2, -0.15) is 5.10 Å². The van der Waals surface area contributed by atoms with Crippen molar-refractivity contribution in [1.82, 2.24) is 14.5 Å². The van der Waals surface area contributed by atoms with E-state index in [1.807, 2.05) is 0 Å². The molecule has 0 saturated heterocycles. The molecule has 0 atom stereocenters. The first-order valence-electron chi connectivity index (χ1n) is 5.96. The van der Waals surface area contributed by atoms with Crippen molar-refractivity contribution < 1.29 is 8.42 Å². The normalized spacial score (nSPS) is 11.8. The number of nitrogens with zero attached hydrogens (tertiary/aromatic N) is 2. The first-order valence-corrected chi connectivity index (χ1v) is 7.40. The molecule has 0 fully saturated rings. The molecule has 1 aromatic carbocycles.